The Hall–Kier alpha value is -2.56. The third-order valence-corrected chi connectivity index (χ3v) is 5.27. The van der Waals surface area contributed by atoms with Crippen LogP contribution in [0.15, 0.2) is 35.2 Å². The van der Waals surface area contributed by atoms with Gasteiger partial charge in [0.15, 0.2) is 11.6 Å². The fourth-order valence-electron chi connectivity index (χ4n) is 2.61. The standard InChI is InChI=1S/C16H8F6O4S/c17-9-2-1-7(5-10(9)18)26-11-3-4-12(27(24,25)15(19)20)13-8(11)6-16(21,22)14(13)23/h1-5,15H,6H2. The minimum Gasteiger partial charge on any atom is -0.457 e. The van der Waals surface area contributed by atoms with Gasteiger partial charge in [-0.1, -0.05) is 0 Å². The van der Waals surface area contributed by atoms with Crippen molar-refractivity contribution in [1.82, 2.24) is 0 Å². The van der Waals surface area contributed by atoms with Crippen molar-refractivity contribution in [2.75, 3.05) is 0 Å². The smallest absolute Gasteiger partial charge is 0.341 e. The van der Waals surface area contributed by atoms with E-state index in [0.717, 1.165) is 12.1 Å². The van der Waals surface area contributed by atoms with Gasteiger partial charge in [-0.2, -0.15) is 17.6 Å². The van der Waals surface area contributed by atoms with Crippen molar-refractivity contribution < 1.29 is 44.3 Å². The van der Waals surface area contributed by atoms with E-state index in [4.69, 9.17) is 4.74 Å². The number of benzene rings is 2. The number of ether oxygens (including phenoxy) is 1. The summed E-state index contributed by atoms with van der Waals surface area (Å²) in [6.07, 6.45) is -1.28. The van der Waals surface area contributed by atoms with Crippen LogP contribution >= 0.6 is 0 Å². The molecule has 0 bridgehead atoms. The summed E-state index contributed by atoms with van der Waals surface area (Å²) in [5, 5.41) is 0. The summed E-state index contributed by atoms with van der Waals surface area (Å²) in [4.78, 5) is 10.6. The van der Waals surface area contributed by atoms with E-state index in [1.165, 1.54) is 0 Å². The van der Waals surface area contributed by atoms with Crippen molar-refractivity contribution in [3.63, 3.8) is 0 Å². The van der Waals surface area contributed by atoms with Gasteiger partial charge in [-0.25, -0.2) is 17.2 Å². The summed E-state index contributed by atoms with van der Waals surface area (Å²) < 4.78 is 108. The number of Topliss-reactive ketones (excluding diaryl/α,β-unsaturated/α-hetero) is 1. The molecule has 144 valence electrons. The first kappa shape index (κ1) is 19.2. The molecule has 0 unspecified atom stereocenters. The van der Waals surface area contributed by atoms with Crippen molar-refractivity contribution in [3.8, 4) is 11.5 Å². The minimum absolute atomic E-state index is 0.330. The Bertz CT molecular complexity index is 1050. The second-order valence-corrected chi connectivity index (χ2v) is 7.50. The van der Waals surface area contributed by atoms with Crippen LogP contribution in [0.1, 0.15) is 15.9 Å². The predicted molar refractivity (Wildman–Crippen MR) is 79.0 cm³/mol. The molecule has 1 aliphatic carbocycles. The second kappa shape index (κ2) is 6.25. The number of hydrogen-bond donors (Lipinski definition) is 0. The Morgan fingerprint density at radius 1 is 1.04 bits per heavy atom. The van der Waals surface area contributed by atoms with E-state index in [-0.39, 0.29) is 5.75 Å². The molecule has 0 radical (unpaired) electrons. The van der Waals surface area contributed by atoms with Gasteiger partial charge in [-0.05, 0) is 24.3 Å². The Labute approximate surface area is 148 Å². The zero-order valence-electron chi connectivity index (χ0n) is 13.0. The van der Waals surface area contributed by atoms with Crippen molar-refractivity contribution >= 4 is 15.6 Å². The molecule has 0 N–H and O–H groups in total. The van der Waals surface area contributed by atoms with E-state index in [0.29, 0.717) is 18.2 Å². The summed E-state index contributed by atoms with van der Waals surface area (Å²) in [5.41, 5.74) is -1.71. The lowest BCUT2D eigenvalue weighted by Gasteiger charge is -2.13. The van der Waals surface area contributed by atoms with Crippen LogP contribution in [0.2, 0.25) is 0 Å². The van der Waals surface area contributed by atoms with Gasteiger partial charge in [0.05, 0.1) is 4.90 Å². The van der Waals surface area contributed by atoms with Crippen LogP contribution in [0.5, 0.6) is 11.5 Å². The van der Waals surface area contributed by atoms with E-state index in [9.17, 15) is 39.6 Å². The number of alkyl halides is 4. The number of fused-ring (bicyclic) bond motifs is 1. The van der Waals surface area contributed by atoms with Gasteiger partial charge in [0.25, 0.3) is 0 Å². The highest BCUT2D eigenvalue weighted by atomic mass is 32.2. The quantitative estimate of drug-likeness (QED) is 0.712. The average molecular weight is 410 g/mol. The van der Waals surface area contributed by atoms with Crippen LogP contribution in [0.3, 0.4) is 0 Å². The van der Waals surface area contributed by atoms with E-state index in [2.05, 4.69) is 0 Å². The molecule has 4 nitrogen and oxygen atoms in total. The first-order valence-corrected chi connectivity index (χ1v) is 8.73. The van der Waals surface area contributed by atoms with Crippen LogP contribution in [0, 0.1) is 11.6 Å². The summed E-state index contributed by atoms with van der Waals surface area (Å²) in [6.45, 7) is 0. The Morgan fingerprint density at radius 2 is 1.70 bits per heavy atom. The van der Waals surface area contributed by atoms with E-state index in [1.54, 1.807) is 0 Å². The van der Waals surface area contributed by atoms with E-state index >= 15 is 0 Å². The van der Waals surface area contributed by atoms with Crippen LogP contribution in [-0.2, 0) is 16.3 Å². The van der Waals surface area contributed by atoms with Gasteiger partial charge in [-0.15, -0.1) is 0 Å². The maximum Gasteiger partial charge on any atom is 0.341 e. The van der Waals surface area contributed by atoms with Crippen LogP contribution in [-0.4, -0.2) is 25.9 Å². The molecule has 0 fully saturated rings. The largest absolute Gasteiger partial charge is 0.457 e. The zero-order valence-corrected chi connectivity index (χ0v) is 13.8. The summed E-state index contributed by atoms with van der Waals surface area (Å²) in [6, 6.07) is 3.59. The van der Waals surface area contributed by atoms with Gasteiger partial charge in [0, 0.05) is 23.6 Å². The normalized spacial score (nSPS) is 15.9. The first-order valence-electron chi connectivity index (χ1n) is 7.18. The van der Waals surface area contributed by atoms with E-state index in [1.807, 2.05) is 0 Å². The molecule has 0 amide bonds. The Balaban J connectivity index is 2.17. The Morgan fingerprint density at radius 3 is 2.30 bits per heavy atom. The van der Waals surface area contributed by atoms with Gasteiger partial charge in [-0.3, -0.25) is 4.79 Å². The van der Waals surface area contributed by atoms with Crippen LogP contribution in [0.25, 0.3) is 0 Å². The van der Waals surface area contributed by atoms with Crippen molar-refractivity contribution in [1.29, 1.82) is 0 Å². The van der Waals surface area contributed by atoms with Gasteiger partial charge in [0.1, 0.15) is 11.5 Å². The van der Waals surface area contributed by atoms with Gasteiger partial charge in [0.2, 0.25) is 15.6 Å². The van der Waals surface area contributed by atoms with Crippen molar-refractivity contribution in [3.05, 3.63) is 53.1 Å². The van der Waals surface area contributed by atoms with E-state index < -0.39 is 67.1 Å². The molecule has 2 aromatic carbocycles. The fraction of sp³-hybridized carbons (Fsp3) is 0.188. The molecular formula is C16H8F6O4S. The van der Waals surface area contributed by atoms with Gasteiger partial charge < -0.3 is 4.74 Å². The number of sulfone groups is 1. The number of carbonyl (C=O) groups is 1. The molecule has 3 rings (SSSR count). The molecule has 0 atom stereocenters. The summed E-state index contributed by atoms with van der Waals surface area (Å²) >= 11 is 0. The molecule has 1 aliphatic rings. The summed E-state index contributed by atoms with van der Waals surface area (Å²) in [7, 11) is -5.34. The number of rotatable bonds is 4. The molecule has 0 saturated carbocycles. The van der Waals surface area contributed by atoms with Crippen LogP contribution < -0.4 is 4.74 Å². The third kappa shape index (κ3) is 3.15. The molecule has 0 aliphatic heterocycles. The molecule has 0 aromatic heterocycles. The van der Waals surface area contributed by atoms with Crippen molar-refractivity contribution in [2.24, 2.45) is 0 Å². The SMILES string of the molecule is O=C1c2c(S(=O)(=O)C(F)F)ccc(Oc3ccc(F)c(F)c3)c2CC1(F)F. The first-order chi connectivity index (χ1) is 12.4. The minimum atomic E-state index is -5.34. The second-order valence-electron chi connectivity index (χ2n) is 5.61. The molecule has 11 heteroatoms. The molecule has 0 heterocycles. The Kier molecular flexibility index (Phi) is 4.45. The lowest BCUT2D eigenvalue weighted by atomic mass is 10.1. The molecule has 2 aromatic rings. The number of hydrogen-bond acceptors (Lipinski definition) is 4. The number of halogens is 6. The number of ketones is 1. The van der Waals surface area contributed by atoms with Crippen LogP contribution in [0.4, 0.5) is 26.3 Å². The molecule has 0 saturated heterocycles. The fourth-order valence-corrected chi connectivity index (χ4v) is 3.56. The lowest BCUT2D eigenvalue weighted by molar-refractivity contribution is 0.0165. The van der Waals surface area contributed by atoms with Crippen molar-refractivity contribution in [2.45, 2.75) is 23.0 Å². The summed E-state index contributed by atoms with van der Waals surface area (Å²) in [5.74, 6) is -13.2. The highest BCUT2D eigenvalue weighted by Gasteiger charge is 2.51. The van der Waals surface area contributed by atoms with Gasteiger partial charge >= 0.3 is 11.7 Å². The maximum atomic E-state index is 13.8. The lowest BCUT2D eigenvalue weighted by Crippen LogP contribution is -2.25. The predicted octanol–water partition coefficient (Wildman–Crippen LogP) is 4.13. The topological polar surface area (TPSA) is 60.4 Å². The number of carbonyl (C=O) groups excluding carboxylic acids is 1. The molecule has 27 heavy (non-hydrogen) atoms. The monoisotopic (exact) mass is 410 g/mol. The zero-order chi connectivity index (χ0) is 20.1. The molecule has 0 spiro atoms. The highest BCUT2D eigenvalue weighted by Crippen LogP contribution is 2.44. The maximum absolute atomic E-state index is 13.8. The molecular weight excluding hydrogens is 402 g/mol. The highest BCUT2D eigenvalue weighted by molar-refractivity contribution is 7.91. The average Bonchev–Trinajstić information content (AvgIpc) is 2.82. The third-order valence-electron chi connectivity index (χ3n) is 3.85.